The molecule has 2 aromatic heterocycles. The van der Waals surface area contributed by atoms with E-state index in [1.54, 1.807) is 24.3 Å². The van der Waals surface area contributed by atoms with Crippen LogP contribution in [0.2, 0.25) is 0 Å². The van der Waals surface area contributed by atoms with E-state index in [4.69, 9.17) is 5.26 Å². The molecule has 0 unspecified atom stereocenters. The van der Waals surface area contributed by atoms with Gasteiger partial charge in [-0.3, -0.25) is 4.79 Å². The second-order valence-corrected chi connectivity index (χ2v) is 6.82. The average Bonchev–Trinajstić information content (AvgIpc) is 3.08. The van der Waals surface area contributed by atoms with Crippen molar-refractivity contribution in [2.45, 2.75) is 24.8 Å². The summed E-state index contributed by atoms with van der Waals surface area (Å²) in [6.07, 6.45) is 2.05. The van der Waals surface area contributed by atoms with Crippen molar-refractivity contribution < 1.29 is 18.7 Å². The van der Waals surface area contributed by atoms with E-state index in [9.17, 15) is 18.7 Å². The number of carbonyl (C=O) groups is 1. The molecule has 0 radical (unpaired) electrons. The predicted molar refractivity (Wildman–Crippen MR) is 98.6 cm³/mol. The van der Waals surface area contributed by atoms with E-state index < -0.39 is 17.9 Å². The SMILES string of the molecule is N#Cc1ccc(-c2cnn(-c3ccc(C(=O)NC4CC(F)(F)C4)cn3)c2O)cc1. The maximum Gasteiger partial charge on any atom is 0.253 e. The van der Waals surface area contributed by atoms with Crippen LogP contribution in [-0.4, -0.2) is 37.7 Å². The molecule has 1 aliphatic carbocycles. The molecule has 9 heteroatoms. The Morgan fingerprint density at radius 1 is 1.21 bits per heavy atom. The zero-order chi connectivity index (χ0) is 20.6. The molecule has 3 aromatic rings. The average molecular weight is 395 g/mol. The van der Waals surface area contributed by atoms with E-state index in [2.05, 4.69) is 15.4 Å². The van der Waals surface area contributed by atoms with Crippen LogP contribution in [-0.2, 0) is 0 Å². The number of aromatic hydroxyl groups is 1. The van der Waals surface area contributed by atoms with Crippen LogP contribution in [0.1, 0.15) is 28.8 Å². The van der Waals surface area contributed by atoms with Gasteiger partial charge in [0, 0.05) is 25.1 Å². The number of hydrogen-bond donors (Lipinski definition) is 2. The molecule has 1 saturated carbocycles. The van der Waals surface area contributed by atoms with E-state index in [1.165, 1.54) is 29.2 Å². The molecule has 29 heavy (non-hydrogen) atoms. The summed E-state index contributed by atoms with van der Waals surface area (Å²) in [4.78, 5) is 16.3. The number of aromatic nitrogens is 3. The number of pyridine rings is 1. The normalized spacial score (nSPS) is 15.3. The second kappa shape index (κ2) is 6.98. The lowest BCUT2D eigenvalue weighted by Gasteiger charge is -2.35. The Balaban J connectivity index is 1.50. The van der Waals surface area contributed by atoms with Crippen LogP contribution in [0.5, 0.6) is 5.88 Å². The molecular formula is C20H15F2N5O2. The van der Waals surface area contributed by atoms with E-state index in [0.29, 0.717) is 16.7 Å². The highest BCUT2D eigenvalue weighted by atomic mass is 19.3. The van der Waals surface area contributed by atoms with Crippen molar-refractivity contribution in [2.24, 2.45) is 0 Å². The monoisotopic (exact) mass is 395 g/mol. The summed E-state index contributed by atoms with van der Waals surface area (Å²) < 4.78 is 27.0. The number of nitrogens with zero attached hydrogens (tertiary/aromatic N) is 4. The maximum atomic E-state index is 12.9. The predicted octanol–water partition coefficient (Wildman–Crippen LogP) is 3.04. The number of amides is 1. The number of rotatable bonds is 4. The standard InChI is InChI=1S/C20H15F2N5O2/c21-20(22)7-15(8-20)26-18(28)14-5-6-17(24-10-14)27-19(29)16(11-25-27)13-3-1-12(9-23)2-4-13/h1-6,10-11,15,29H,7-8H2,(H,26,28). The van der Waals surface area contributed by atoms with Crippen molar-refractivity contribution in [3.63, 3.8) is 0 Å². The number of nitriles is 1. The van der Waals surface area contributed by atoms with E-state index >= 15 is 0 Å². The largest absolute Gasteiger partial charge is 0.493 e. The van der Waals surface area contributed by atoms with E-state index in [-0.39, 0.29) is 30.1 Å². The van der Waals surface area contributed by atoms with Crippen LogP contribution in [0.25, 0.3) is 16.9 Å². The fourth-order valence-corrected chi connectivity index (χ4v) is 3.12. The van der Waals surface area contributed by atoms with E-state index in [0.717, 1.165) is 0 Å². The van der Waals surface area contributed by atoms with Crippen LogP contribution in [0, 0.1) is 11.3 Å². The third-order valence-corrected chi connectivity index (χ3v) is 4.72. The minimum absolute atomic E-state index is 0.142. The minimum atomic E-state index is -2.70. The van der Waals surface area contributed by atoms with Crippen LogP contribution in [0.4, 0.5) is 8.78 Å². The quantitative estimate of drug-likeness (QED) is 0.707. The van der Waals surface area contributed by atoms with Crippen LogP contribution < -0.4 is 5.32 Å². The summed E-state index contributed by atoms with van der Waals surface area (Å²) in [7, 11) is 0. The second-order valence-electron chi connectivity index (χ2n) is 6.82. The molecular weight excluding hydrogens is 380 g/mol. The Kier molecular flexibility index (Phi) is 4.47. The lowest BCUT2D eigenvalue weighted by molar-refractivity contribution is -0.0901. The van der Waals surface area contributed by atoms with Gasteiger partial charge in [-0.1, -0.05) is 12.1 Å². The zero-order valence-corrected chi connectivity index (χ0v) is 15.0. The molecule has 1 amide bonds. The van der Waals surface area contributed by atoms with Gasteiger partial charge in [-0.05, 0) is 29.8 Å². The molecule has 1 aliphatic rings. The lowest BCUT2D eigenvalue weighted by atomic mass is 9.88. The number of benzene rings is 1. The van der Waals surface area contributed by atoms with Crippen molar-refractivity contribution in [1.29, 1.82) is 5.26 Å². The Labute approximate surface area is 164 Å². The van der Waals surface area contributed by atoms with Gasteiger partial charge in [-0.15, -0.1) is 0 Å². The molecule has 7 nitrogen and oxygen atoms in total. The fourth-order valence-electron chi connectivity index (χ4n) is 3.12. The zero-order valence-electron chi connectivity index (χ0n) is 15.0. The Hall–Kier alpha value is -3.80. The molecule has 0 aliphatic heterocycles. The number of nitrogens with one attached hydrogen (secondary N) is 1. The van der Waals surface area contributed by atoms with Crippen LogP contribution in [0.15, 0.2) is 48.8 Å². The number of hydrogen-bond acceptors (Lipinski definition) is 5. The molecule has 2 heterocycles. The highest BCUT2D eigenvalue weighted by molar-refractivity contribution is 5.94. The highest BCUT2D eigenvalue weighted by Crippen LogP contribution is 2.37. The summed E-state index contributed by atoms with van der Waals surface area (Å²) >= 11 is 0. The van der Waals surface area contributed by atoms with Gasteiger partial charge in [0.05, 0.1) is 29.0 Å². The Bertz CT molecular complexity index is 1090. The third kappa shape index (κ3) is 3.65. The first-order valence-corrected chi connectivity index (χ1v) is 8.79. The minimum Gasteiger partial charge on any atom is -0.493 e. The lowest BCUT2D eigenvalue weighted by Crippen LogP contribution is -2.50. The number of carbonyl (C=O) groups excluding carboxylic acids is 1. The van der Waals surface area contributed by atoms with Gasteiger partial charge in [-0.25, -0.2) is 13.8 Å². The van der Waals surface area contributed by atoms with Gasteiger partial charge in [0.25, 0.3) is 11.8 Å². The van der Waals surface area contributed by atoms with Crippen LogP contribution in [0.3, 0.4) is 0 Å². The summed E-state index contributed by atoms with van der Waals surface area (Å²) in [6.45, 7) is 0. The first-order valence-electron chi connectivity index (χ1n) is 8.79. The van der Waals surface area contributed by atoms with Gasteiger partial charge in [0.2, 0.25) is 5.88 Å². The molecule has 2 N–H and O–H groups in total. The third-order valence-electron chi connectivity index (χ3n) is 4.72. The summed E-state index contributed by atoms with van der Waals surface area (Å²) in [5, 5.41) is 26.0. The van der Waals surface area contributed by atoms with Crippen molar-refractivity contribution in [1.82, 2.24) is 20.1 Å². The molecule has 146 valence electrons. The molecule has 4 rings (SSSR count). The van der Waals surface area contributed by atoms with Crippen molar-refractivity contribution >= 4 is 5.91 Å². The highest BCUT2D eigenvalue weighted by Gasteiger charge is 2.45. The molecule has 1 fully saturated rings. The number of halogens is 2. The van der Waals surface area contributed by atoms with Gasteiger partial charge in [-0.2, -0.15) is 15.0 Å². The smallest absolute Gasteiger partial charge is 0.253 e. The molecule has 0 saturated heterocycles. The summed E-state index contributed by atoms with van der Waals surface area (Å²) in [6, 6.07) is 11.1. The topological polar surface area (TPSA) is 104 Å². The number of alkyl halides is 2. The van der Waals surface area contributed by atoms with Gasteiger partial charge >= 0.3 is 0 Å². The Morgan fingerprint density at radius 3 is 2.52 bits per heavy atom. The first kappa shape index (κ1) is 18.6. The first-order chi connectivity index (χ1) is 13.9. The van der Waals surface area contributed by atoms with Gasteiger partial charge in [0.1, 0.15) is 0 Å². The molecule has 1 aromatic carbocycles. The maximum absolute atomic E-state index is 12.9. The van der Waals surface area contributed by atoms with Gasteiger partial charge < -0.3 is 10.4 Å². The van der Waals surface area contributed by atoms with Crippen LogP contribution >= 0.6 is 0 Å². The van der Waals surface area contributed by atoms with Crippen molar-refractivity contribution in [2.75, 3.05) is 0 Å². The van der Waals surface area contributed by atoms with Gasteiger partial charge in [0.15, 0.2) is 5.82 Å². The molecule has 0 atom stereocenters. The molecule has 0 spiro atoms. The molecule has 0 bridgehead atoms. The summed E-state index contributed by atoms with van der Waals surface area (Å²) in [5.74, 6) is -3.04. The van der Waals surface area contributed by atoms with E-state index in [1.807, 2.05) is 6.07 Å². The van der Waals surface area contributed by atoms with Crippen molar-refractivity contribution in [3.05, 3.63) is 59.9 Å². The Morgan fingerprint density at radius 2 is 1.93 bits per heavy atom. The van der Waals surface area contributed by atoms with Crippen molar-refractivity contribution in [3.8, 4) is 28.9 Å². The summed E-state index contributed by atoms with van der Waals surface area (Å²) in [5.41, 5.74) is 1.87. The fraction of sp³-hybridized carbons (Fsp3) is 0.200.